The number of carboxylic acid groups (broad SMARTS) is 1. The average molecular weight is 259 g/mol. The number of carbonyl (C=O) groups is 1. The molecule has 0 bridgehead atoms. The predicted octanol–water partition coefficient (Wildman–Crippen LogP) is 3.96. The summed E-state index contributed by atoms with van der Waals surface area (Å²) in [5.41, 5.74) is 1.40. The van der Waals surface area contributed by atoms with Crippen molar-refractivity contribution >= 4 is 29.3 Å². The van der Waals surface area contributed by atoms with Gasteiger partial charge in [-0.1, -0.05) is 35.9 Å². The van der Waals surface area contributed by atoms with E-state index in [0.717, 1.165) is 5.75 Å². The monoisotopic (exact) mass is 258 g/mol. The molecule has 0 aliphatic heterocycles. The number of hydrogen-bond donors (Lipinski definition) is 1. The number of benzene rings is 1. The third-order valence-corrected chi connectivity index (χ3v) is 2.61. The van der Waals surface area contributed by atoms with E-state index in [0.29, 0.717) is 0 Å². The zero-order valence-electron chi connectivity index (χ0n) is 9.37. The summed E-state index contributed by atoms with van der Waals surface area (Å²) in [4.78, 5) is 10.3. The van der Waals surface area contributed by atoms with Crippen LogP contribution >= 0.6 is 23.4 Å². The second-order valence-electron chi connectivity index (χ2n) is 3.18. The van der Waals surface area contributed by atoms with Crippen LogP contribution in [0.25, 0.3) is 0 Å². The molecule has 0 saturated heterocycles. The van der Waals surface area contributed by atoms with Crippen molar-refractivity contribution in [2.24, 2.45) is 0 Å². The van der Waals surface area contributed by atoms with Gasteiger partial charge in [0.25, 0.3) is 0 Å². The molecule has 0 spiro atoms. The van der Waals surface area contributed by atoms with Crippen molar-refractivity contribution < 1.29 is 9.90 Å². The Labute approximate surface area is 105 Å². The average Bonchev–Trinajstić information content (AvgIpc) is 2.18. The van der Waals surface area contributed by atoms with Crippen molar-refractivity contribution in [1.82, 2.24) is 0 Å². The number of rotatable bonds is 3. The number of halogens is 1. The Morgan fingerprint density at radius 1 is 1.50 bits per heavy atom. The summed E-state index contributed by atoms with van der Waals surface area (Å²) >= 11 is 7.35. The molecule has 88 valence electrons. The lowest BCUT2D eigenvalue weighted by atomic mass is 10.2. The fraction of sp³-hybridized carbons (Fsp3) is 0.250. The molecule has 1 N–H and O–H groups in total. The van der Waals surface area contributed by atoms with Crippen molar-refractivity contribution in [3.63, 3.8) is 0 Å². The molecule has 0 unspecified atom stereocenters. The molecule has 16 heavy (non-hydrogen) atoms. The van der Waals surface area contributed by atoms with Gasteiger partial charge in [-0.05, 0) is 25.3 Å². The lowest BCUT2D eigenvalue weighted by Crippen LogP contribution is -1.95. The minimum Gasteiger partial charge on any atom is -0.478 e. The van der Waals surface area contributed by atoms with Gasteiger partial charge < -0.3 is 5.11 Å². The maximum atomic E-state index is 10.3. The fourth-order valence-electron chi connectivity index (χ4n) is 0.881. The number of carboxylic acids is 1. The summed E-state index contributed by atoms with van der Waals surface area (Å²) in [6, 6.07) is 6.33. The van der Waals surface area contributed by atoms with Crippen LogP contribution in [0.5, 0.6) is 0 Å². The summed E-state index contributed by atoms with van der Waals surface area (Å²) in [7, 11) is 0. The van der Waals surface area contributed by atoms with E-state index in [4.69, 9.17) is 16.7 Å². The fourth-order valence-corrected chi connectivity index (χ4v) is 1.59. The first-order valence-electron chi connectivity index (χ1n) is 4.60. The van der Waals surface area contributed by atoms with Crippen LogP contribution in [0.3, 0.4) is 0 Å². The van der Waals surface area contributed by atoms with Gasteiger partial charge >= 0.3 is 5.97 Å². The molecule has 0 saturated carbocycles. The Bertz CT molecular complexity index is 364. The van der Waals surface area contributed by atoms with Crippen LogP contribution in [-0.2, 0) is 0 Å². The molecule has 0 fully saturated rings. The van der Waals surface area contributed by atoms with Gasteiger partial charge in [-0.3, -0.25) is 0 Å². The SMILES string of the molecule is C=C(C)CSC.O=C(O)c1ccccc1Cl. The first kappa shape index (κ1) is 15.1. The van der Waals surface area contributed by atoms with Gasteiger partial charge in [-0.2, -0.15) is 11.8 Å². The van der Waals surface area contributed by atoms with E-state index >= 15 is 0 Å². The third kappa shape index (κ3) is 6.53. The van der Waals surface area contributed by atoms with Crippen LogP contribution in [0.4, 0.5) is 0 Å². The quantitative estimate of drug-likeness (QED) is 0.834. The van der Waals surface area contributed by atoms with Crippen LogP contribution in [-0.4, -0.2) is 23.1 Å². The molecule has 4 heteroatoms. The van der Waals surface area contributed by atoms with Crippen LogP contribution in [0.15, 0.2) is 36.4 Å². The summed E-state index contributed by atoms with van der Waals surface area (Å²) < 4.78 is 0. The van der Waals surface area contributed by atoms with E-state index in [1.807, 2.05) is 18.7 Å². The maximum Gasteiger partial charge on any atom is 0.337 e. The highest BCUT2D eigenvalue weighted by molar-refractivity contribution is 7.98. The van der Waals surface area contributed by atoms with Gasteiger partial charge in [0.1, 0.15) is 0 Å². The summed E-state index contributed by atoms with van der Waals surface area (Å²) in [6.07, 6.45) is 2.08. The summed E-state index contributed by atoms with van der Waals surface area (Å²) in [6.45, 7) is 5.76. The van der Waals surface area contributed by atoms with Crippen LogP contribution in [0, 0.1) is 0 Å². The van der Waals surface area contributed by atoms with E-state index in [-0.39, 0.29) is 10.6 Å². The van der Waals surface area contributed by atoms with Crippen LogP contribution < -0.4 is 0 Å². The Morgan fingerprint density at radius 3 is 2.31 bits per heavy atom. The van der Waals surface area contributed by atoms with Crippen LogP contribution in [0.1, 0.15) is 17.3 Å². The molecule has 0 atom stereocenters. The largest absolute Gasteiger partial charge is 0.478 e. The zero-order chi connectivity index (χ0) is 12.6. The van der Waals surface area contributed by atoms with Gasteiger partial charge in [-0.25, -0.2) is 4.79 Å². The van der Waals surface area contributed by atoms with Gasteiger partial charge in [0, 0.05) is 5.75 Å². The molecule has 1 aromatic rings. The predicted molar refractivity (Wildman–Crippen MR) is 71.6 cm³/mol. The number of aromatic carboxylic acids is 1. The summed E-state index contributed by atoms with van der Waals surface area (Å²) in [5.74, 6) is 0.102. The maximum absolute atomic E-state index is 10.3. The highest BCUT2D eigenvalue weighted by Crippen LogP contribution is 2.13. The number of hydrogen-bond acceptors (Lipinski definition) is 2. The van der Waals surface area contributed by atoms with E-state index in [1.165, 1.54) is 11.6 Å². The molecule has 0 aromatic heterocycles. The molecule has 2 nitrogen and oxygen atoms in total. The molecule has 0 aliphatic rings. The Hall–Kier alpha value is -0.930. The van der Waals surface area contributed by atoms with Crippen molar-refractivity contribution in [2.45, 2.75) is 6.92 Å². The Kier molecular flexibility index (Phi) is 7.77. The second-order valence-corrected chi connectivity index (χ2v) is 4.45. The van der Waals surface area contributed by atoms with E-state index in [1.54, 1.807) is 18.2 Å². The van der Waals surface area contributed by atoms with Gasteiger partial charge in [0.15, 0.2) is 0 Å². The van der Waals surface area contributed by atoms with E-state index in [2.05, 4.69) is 12.8 Å². The van der Waals surface area contributed by atoms with Crippen molar-refractivity contribution in [2.75, 3.05) is 12.0 Å². The highest BCUT2D eigenvalue weighted by atomic mass is 35.5. The van der Waals surface area contributed by atoms with Crippen LogP contribution in [0.2, 0.25) is 5.02 Å². The van der Waals surface area contributed by atoms with Gasteiger partial charge in [0.05, 0.1) is 10.6 Å². The summed E-state index contributed by atoms with van der Waals surface area (Å²) in [5, 5.41) is 8.75. The first-order valence-corrected chi connectivity index (χ1v) is 6.37. The third-order valence-electron chi connectivity index (χ3n) is 1.50. The lowest BCUT2D eigenvalue weighted by Gasteiger charge is -1.94. The first-order chi connectivity index (χ1) is 7.49. The molecule has 0 heterocycles. The van der Waals surface area contributed by atoms with E-state index in [9.17, 15) is 4.79 Å². The standard InChI is InChI=1S/C7H5ClO2.C5H10S/c8-6-4-2-1-3-5(6)7(9)10;1-5(2)4-6-3/h1-4H,(H,9,10);1,4H2,2-3H3. The molecule has 1 aromatic carbocycles. The Balaban J connectivity index is 0.000000325. The molecule has 1 rings (SSSR count). The molecular formula is C12H15ClO2S. The van der Waals surface area contributed by atoms with Crippen molar-refractivity contribution in [3.8, 4) is 0 Å². The molecule has 0 aliphatic carbocycles. The molecule has 0 amide bonds. The van der Waals surface area contributed by atoms with Crippen molar-refractivity contribution in [3.05, 3.63) is 47.0 Å². The molecular weight excluding hydrogens is 244 g/mol. The minimum atomic E-state index is -0.995. The zero-order valence-corrected chi connectivity index (χ0v) is 10.9. The van der Waals surface area contributed by atoms with E-state index < -0.39 is 5.97 Å². The number of thioether (sulfide) groups is 1. The molecule has 0 radical (unpaired) electrons. The second kappa shape index (κ2) is 8.25. The normalized spacial score (nSPS) is 8.94. The lowest BCUT2D eigenvalue weighted by molar-refractivity contribution is 0.0697. The minimum absolute atomic E-state index is 0.143. The smallest absolute Gasteiger partial charge is 0.337 e. The van der Waals surface area contributed by atoms with Gasteiger partial charge in [0.2, 0.25) is 0 Å². The topological polar surface area (TPSA) is 37.3 Å². The van der Waals surface area contributed by atoms with Crippen molar-refractivity contribution in [1.29, 1.82) is 0 Å². The van der Waals surface area contributed by atoms with Gasteiger partial charge in [-0.15, -0.1) is 0 Å². The Morgan fingerprint density at radius 2 is 2.06 bits per heavy atom. The highest BCUT2D eigenvalue weighted by Gasteiger charge is 2.04.